The summed E-state index contributed by atoms with van der Waals surface area (Å²) in [4.78, 5) is 0. The third-order valence-corrected chi connectivity index (χ3v) is 4.79. The summed E-state index contributed by atoms with van der Waals surface area (Å²) in [6, 6.07) is 10.6. The largest absolute Gasteiger partial charge is 0.385 e. The average Bonchev–Trinajstić information content (AvgIpc) is 2.41. The highest BCUT2D eigenvalue weighted by molar-refractivity contribution is 5.33. The second-order valence-electron chi connectivity index (χ2n) is 5.79. The summed E-state index contributed by atoms with van der Waals surface area (Å²) in [6.07, 6.45) is 6.03. The molecule has 0 amide bonds. The Morgan fingerprint density at radius 3 is 2.67 bits per heavy atom. The Hall–Kier alpha value is -1.34. The average molecular weight is 240 g/mol. The number of aliphatic hydroxyl groups is 1. The lowest BCUT2D eigenvalue weighted by Gasteiger charge is -2.50. The van der Waals surface area contributed by atoms with Gasteiger partial charge in [-0.15, -0.1) is 6.58 Å². The molecule has 3 aliphatic rings. The molecule has 0 aliphatic heterocycles. The molecule has 0 radical (unpaired) electrons. The fourth-order valence-corrected chi connectivity index (χ4v) is 3.71. The predicted octanol–water partition coefficient (Wildman–Crippen LogP) is 3.67. The van der Waals surface area contributed by atoms with Gasteiger partial charge in [0.25, 0.3) is 0 Å². The molecule has 3 aliphatic carbocycles. The number of allylic oxidation sites excluding steroid dienone is 1. The molecule has 1 nitrogen and oxygen atoms in total. The Kier molecular flexibility index (Phi) is 2.67. The van der Waals surface area contributed by atoms with Gasteiger partial charge in [0.1, 0.15) is 0 Å². The zero-order valence-corrected chi connectivity index (χ0v) is 10.8. The first-order valence-electron chi connectivity index (χ1n) is 6.73. The Bertz CT molecular complexity index is 488. The summed E-state index contributed by atoms with van der Waals surface area (Å²) in [5.41, 5.74) is 2.07. The molecule has 1 fully saturated rings. The number of rotatable bonds is 2. The van der Waals surface area contributed by atoms with Crippen molar-refractivity contribution >= 4 is 0 Å². The molecule has 0 heterocycles. The smallest absolute Gasteiger partial charge is 0.0899 e. The van der Waals surface area contributed by atoms with Gasteiger partial charge in [0, 0.05) is 5.92 Å². The van der Waals surface area contributed by atoms with Crippen LogP contribution in [0.3, 0.4) is 0 Å². The number of fused-ring (bicyclic) bond motifs is 2. The Morgan fingerprint density at radius 1 is 1.33 bits per heavy atom. The van der Waals surface area contributed by atoms with E-state index < -0.39 is 5.60 Å². The molecule has 18 heavy (non-hydrogen) atoms. The van der Waals surface area contributed by atoms with Gasteiger partial charge >= 0.3 is 0 Å². The maximum atomic E-state index is 10.8. The van der Waals surface area contributed by atoms with Crippen LogP contribution >= 0.6 is 0 Å². The van der Waals surface area contributed by atoms with E-state index in [-0.39, 0.29) is 5.92 Å². The Labute approximate surface area is 109 Å². The summed E-state index contributed by atoms with van der Waals surface area (Å²) >= 11 is 0. The van der Waals surface area contributed by atoms with Crippen LogP contribution in [-0.2, 0) is 0 Å². The van der Waals surface area contributed by atoms with E-state index in [1.165, 1.54) is 11.1 Å². The normalized spacial score (nSPS) is 38.3. The van der Waals surface area contributed by atoms with Crippen LogP contribution in [0.1, 0.15) is 31.2 Å². The number of hydrogen-bond acceptors (Lipinski definition) is 1. The minimum atomic E-state index is -0.719. The van der Waals surface area contributed by atoms with Crippen LogP contribution in [0.15, 0.2) is 54.6 Å². The van der Waals surface area contributed by atoms with Crippen molar-refractivity contribution < 1.29 is 5.11 Å². The second kappa shape index (κ2) is 4.10. The highest BCUT2D eigenvalue weighted by Crippen LogP contribution is 2.53. The minimum absolute atomic E-state index is 0.183. The Balaban J connectivity index is 2.02. The topological polar surface area (TPSA) is 20.2 Å². The zero-order chi connectivity index (χ0) is 12.8. The van der Waals surface area contributed by atoms with Crippen LogP contribution in [0.5, 0.6) is 0 Å². The Morgan fingerprint density at radius 2 is 2.06 bits per heavy atom. The van der Waals surface area contributed by atoms with E-state index in [9.17, 15) is 5.11 Å². The molecule has 2 bridgehead atoms. The molecule has 4 atom stereocenters. The molecule has 0 unspecified atom stereocenters. The predicted molar refractivity (Wildman–Crippen MR) is 74.3 cm³/mol. The van der Waals surface area contributed by atoms with Gasteiger partial charge in [0.05, 0.1) is 5.60 Å². The lowest BCUT2D eigenvalue weighted by atomic mass is 9.57. The minimum Gasteiger partial charge on any atom is -0.385 e. The maximum Gasteiger partial charge on any atom is 0.0899 e. The van der Waals surface area contributed by atoms with Gasteiger partial charge in [-0.1, -0.05) is 48.1 Å². The second-order valence-corrected chi connectivity index (χ2v) is 5.79. The third kappa shape index (κ3) is 1.65. The quantitative estimate of drug-likeness (QED) is 0.782. The maximum absolute atomic E-state index is 10.8. The van der Waals surface area contributed by atoms with Gasteiger partial charge in [0.2, 0.25) is 0 Å². The highest BCUT2D eigenvalue weighted by Gasteiger charge is 2.48. The van der Waals surface area contributed by atoms with Crippen LogP contribution in [0, 0.1) is 11.8 Å². The first kappa shape index (κ1) is 11.7. The van der Waals surface area contributed by atoms with E-state index in [1.54, 1.807) is 6.08 Å². The zero-order valence-electron chi connectivity index (χ0n) is 10.8. The molecule has 1 aromatic carbocycles. The van der Waals surface area contributed by atoms with Gasteiger partial charge in [-0.25, -0.2) is 0 Å². The van der Waals surface area contributed by atoms with Gasteiger partial charge in [-0.2, -0.15) is 0 Å². The summed E-state index contributed by atoms with van der Waals surface area (Å²) in [5, 5.41) is 10.8. The molecule has 1 aromatic rings. The van der Waals surface area contributed by atoms with E-state index >= 15 is 0 Å². The van der Waals surface area contributed by atoms with Crippen LogP contribution in [0.2, 0.25) is 0 Å². The fourth-order valence-electron chi connectivity index (χ4n) is 3.71. The lowest BCUT2D eigenvalue weighted by molar-refractivity contribution is -0.0209. The van der Waals surface area contributed by atoms with Crippen molar-refractivity contribution in [1.29, 1.82) is 0 Å². The molecule has 4 rings (SSSR count). The first-order chi connectivity index (χ1) is 8.64. The summed E-state index contributed by atoms with van der Waals surface area (Å²) < 4.78 is 0. The van der Waals surface area contributed by atoms with Gasteiger partial charge in [-0.05, 0) is 37.2 Å². The summed E-state index contributed by atoms with van der Waals surface area (Å²) in [5.74, 6) is 1.11. The van der Waals surface area contributed by atoms with E-state index in [0.29, 0.717) is 11.8 Å². The van der Waals surface area contributed by atoms with Crippen LogP contribution in [0.25, 0.3) is 0 Å². The van der Waals surface area contributed by atoms with Crippen molar-refractivity contribution in [2.24, 2.45) is 11.8 Å². The molecular formula is C17H20O. The van der Waals surface area contributed by atoms with Crippen molar-refractivity contribution in [1.82, 2.24) is 0 Å². The van der Waals surface area contributed by atoms with Crippen LogP contribution < -0.4 is 0 Å². The molecule has 0 aromatic heterocycles. The lowest BCUT2D eigenvalue weighted by Crippen LogP contribution is -2.48. The van der Waals surface area contributed by atoms with Crippen LogP contribution in [0.4, 0.5) is 0 Å². The molecule has 1 heteroatoms. The first-order valence-corrected chi connectivity index (χ1v) is 6.73. The van der Waals surface area contributed by atoms with E-state index in [0.717, 1.165) is 12.8 Å². The number of hydrogen-bond donors (Lipinski definition) is 1. The molecule has 1 saturated carbocycles. The third-order valence-electron chi connectivity index (χ3n) is 4.79. The van der Waals surface area contributed by atoms with Crippen molar-refractivity contribution in [2.75, 3.05) is 0 Å². The van der Waals surface area contributed by atoms with Crippen LogP contribution in [-0.4, -0.2) is 10.7 Å². The van der Waals surface area contributed by atoms with E-state index in [2.05, 4.69) is 43.8 Å². The summed E-state index contributed by atoms with van der Waals surface area (Å²) in [6.45, 7) is 6.04. The van der Waals surface area contributed by atoms with Gasteiger partial charge in [-0.3, -0.25) is 0 Å². The molecule has 0 spiro atoms. The molecule has 94 valence electrons. The SMILES string of the molecule is C=C[C@]1(O)C[C@H]2C[C@@H](c3ccccc3)[C@@H]1C=C2C. The number of benzene rings is 1. The standard InChI is InChI=1S/C17H20O/c1-3-17(18)11-14-10-15(16(17)9-12(14)2)13-7-5-4-6-8-13/h3-9,14-16,18H,1,10-11H2,2H3/t14-,15+,16+,17+/m1/s1. The molecular weight excluding hydrogens is 220 g/mol. The highest BCUT2D eigenvalue weighted by atomic mass is 16.3. The van der Waals surface area contributed by atoms with E-state index in [1.807, 2.05) is 6.07 Å². The van der Waals surface area contributed by atoms with Crippen molar-refractivity contribution in [3.63, 3.8) is 0 Å². The van der Waals surface area contributed by atoms with Gasteiger partial charge < -0.3 is 5.11 Å². The molecule has 0 saturated heterocycles. The monoisotopic (exact) mass is 240 g/mol. The van der Waals surface area contributed by atoms with Crippen molar-refractivity contribution in [3.8, 4) is 0 Å². The summed E-state index contributed by atoms with van der Waals surface area (Å²) in [7, 11) is 0. The van der Waals surface area contributed by atoms with Crippen molar-refractivity contribution in [3.05, 3.63) is 60.2 Å². The van der Waals surface area contributed by atoms with Gasteiger partial charge in [0.15, 0.2) is 0 Å². The fraction of sp³-hybridized carbons (Fsp3) is 0.412. The molecule has 1 N–H and O–H groups in total. The van der Waals surface area contributed by atoms with Crippen molar-refractivity contribution in [2.45, 2.75) is 31.3 Å². The van der Waals surface area contributed by atoms with E-state index in [4.69, 9.17) is 0 Å².